The van der Waals surface area contributed by atoms with Gasteiger partial charge in [0.25, 0.3) is 5.78 Å². The fourth-order valence-electron chi connectivity index (χ4n) is 0.891. The molecule has 0 aliphatic heterocycles. The molecule has 0 saturated heterocycles. The van der Waals surface area contributed by atoms with Crippen molar-refractivity contribution in [2.24, 2.45) is 0 Å². The van der Waals surface area contributed by atoms with Gasteiger partial charge in [-0.05, 0) is 23.2 Å². The maximum absolute atomic E-state index is 11.4. The predicted octanol–water partition coefficient (Wildman–Crippen LogP) is 0.881. The molecule has 0 atom stereocenters. The topological polar surface area (TPSA) is 109 Å². The van der Waals surface area contributed by atoms with Crippen LogP contribution in [0.3, 0.4) is 0 Å². The summed E-state index contributed by atoms with van der Waals surface area (Å²) in [5.41, 5.74) is 0. The Morgan fingerprint density at radius 3 is 1.50 bits per heavy atom. The fourth-order valence-corrected chi connectivity index (χ4v) is 0.891. The van der Waals surface area contributed by atoms with Crippen LogP contribution in [-0.2, 0) is 9.59 Å². The molecule has 18 heavy (non-hydrogen) atoms. The lowest BCUT2D eigenvalue weighted by Crippen LogP contribution is -2.05. The highest BCUT2D eigenvalue weighted by molar-refractivity contribution is 6.97. The summed E-state index contributed by atoms with van der Waals surface area (Å²) in [6.45, 7) is 0. The Balaban J connectivity index is 0.000000232. The van der Waals surface area contributed by atoms with Crippen molar-refractivity contribution in [2.45, 2.75) is 0 Å². The van der Waals surface area contributed by atoms with Crippen molar-refractivity contribution in [3.63, 3.8) is 0 Å². The molecule has 2 N–H and O–H groups in total. The number of ketones is 1. The molecule has 0 amide bonds. The molecule has 2 rings (SSSR count). The van der Waals surface area contributed by atoms with E-state index in [1.54, 1.807) is 12.4 Å². The summed E-state index contributed by atoms with van der Waals surface area (Å²) in [4.78, 5) is 43.3. The Labute approximate surface area is 111 Å². The van der Waals surface area contributed by atoms with Gasteiger partial charge < -0.3 is 9.97 Å². The van der Waals surface area contributed by atoms with E-state index in [4.69, 9.17) is 0 Å². The average Bonchev–Trinajstić information content (AvgIpc) is 3.02. The summed E-state index contributed by atoms with van der Waals surface area (Å²) in [7, 11) is 0. The van der Waals surface area contributed by atoms with Crippen LogP contribution in [0.2, 0.25) is 0 Å². The van der Waals surface area contributed by atoms with Crippen LogP contribution < -0.4 is 0 Å². The van der Waals surface area contributed by atoms with E-state index in [2.05, 4.69) is 43.1 Å². The second-order valence-corrected chi connectivity index (χ2v) is 3.44. The minimum Gasteiger partial charge on any atom is -0.342 e. The van der Waals surface area contributed by atoms with Gasteiger partial charge in [-0.15, -0.1) is 0 Å². The van der Waals surface area contributed by atoms with Gasteiger partial charge in [0.1, 0.15) is 0 Å². The Kier molecular flexibility index (Phi) is 5.22. The molecule has 94 valence electrons. The zero-order valence-corrected chi connectivity index (χ0v) is 10.2. The number of imidazole rings is 2. The lowest BCUT2D eigenvalue weighted by atomic mass is 10.3. The highest BCUT2D eigenvalue weighted by atomic mass is 35.5. The number of carbonyl (C=O) groups excluding carboxylic acids is 3. The quantitative estimate of drug-likeness (QED) is 0.495. The van der Waals surface area contributed by atoms with E-state index in [0.29, 0.717) is 11.6 Å². The minimum absolute atomic E-state index is 0.231. The molecule has 0 aliphatic rings. The number of nitrogens with zero attached hydrogens (tertiary/aromatic N) is 2. The molecule has 0 aliphatic carbocycles. The minimum atomic E-state index is -1.14. The second kappa shape index (κ2) is 6.67. The lowest BCUT2D eigenvalue weighted by molar-refractivity contribution is -0.127. The first-order chi connectivity index (χ1) is 8.52. The first-order valence-corrected chi connectivity index (χ1v) is 5.20. The molecule has 0 aromatic carbocycles. The summed E-state index contributed by atoms with van der Waals surface area (Å²) < 4.78 is 0. The van der Waals surface area contributed by atoms with Crippen LogP contribution in [0.1, 0.15) is 16.4 Å². The van der Waals surface area contributed by atoms with Crippen molar-refractivity contribution in [1.82, 2.24) is 19.9 Å². The molecule has 0 radical (unpaired) electrons. The molecule has 2 aromatic rings. The van der Waals surface area contributed by atoms with Crippen LogP contribution >= 0.6 is 23.2 Å². The Bertz CT molecular complexity index is 488. The maximum atomic E-state index is 11.4. The third-order valence-corrected chi connectivity index (χ3v) is 2.02. The molecule has 2 aromatic heterocycles. The van der Waals surface area contributed by atoms with Gasteiger partial charge >= 0.3 is 10.5 Å². The van der Waals surface area contributed by atoms with Gasteiger partial charge in [0, 0.05) is 24.8 Å². The van der Waals surface area contributed by atoms with Gasteiger partial charge in [0.05, 0.1) is 0 Å². The number of nitrogens with one attached hydrogen (secondary N) is 2. The molecular formula is C9H6Cl2N4O3. The van der Waals surface area contributed by atoms with Crippen molar-refractivity contribution in [2.75, 3.05) is 0 Å². The lowest BCUT2D eigenvalue weighted by Gasteiger charge is -1.89. The van der Waals surface area contributed by atoms with E-state index in [1.807, 2.05) is 0 Å². The Morgan fingerprint density at radius 1 is 0.889 bits per heavy atom. The van der Waals surface area contributed by atoms with E-state index in [9.17, 15) is 14.4 Å². The monoisotopic (exact) mass is 288 g/mol. The van der Waals surface area contributed by atoms with Gasteiger partial charge in [0.15, 0.2) is 11.6 Å². The molecule has 0 spiro atoms. The number of carbonyl (C=O) groups is 3. The molecule has 2 heterocycles. The summed E-state index contributed by atoms with van der Waals surface area (Å²) in [6, 6.07) is 0. The maximum Gasteiger partial charge on any atom is 0.304 e. The number of halogens is 2. The molecule has 0 unspecified atom stereocenters. The van der Waals surface area contributed by atoms with Gasteiger partial charge in [-0.1, -0.05) is 0 Å². The molecule has 0 bridgehead atoms. The number of hydrogen-bond acceptors (Lipinski definition) is 5. The largest absolute Gasteiger partial charge is 0.342 e. The van der Waals surface area contributed by atoms with Crippen LogP contribution in [-0.4, -0.2) is 36.2 Å². The fraction of sp³-hybridized carbons (Fsp3) is 0. The van der Waals surface area contributed by atoms with Crippen molar-refractivity contribution in [1.29, 1.82) is 0 Å². The van der Waals surface area contributed by atoms with Gasteiger partial charge in [-0.3, -0.25) is 14.4 Å². The SMILES string of the molecule is O=C(Cl)C(=O)Cl.O=C(c1ncc[nH]1)c1ncc[nH]1. The summed E-state index contributed by atoms with van der Waals surface area (Å²) in [6.07, 6.45) is 6.23. The Hall–Kier alpha value is -1.99. The second-order valence-electron chi connectivity index (χ2n) is 2.75. The van der Waals surface area contributed by atoms with Gasteiger partial charge in [0.2, 0.25) is 0 Å². The third-order valence-electron chi connectivity index (χ3n) is 1.58. The average molecular weight is 289 g/mol. The molecule has 0 saturated carbocycles. The predicted molar refractivity (Wildman–Crippen MR) is 62.3 cm³/mol. The third kappa shape index (κ3) is 4.11. The van der Waals surface area contributed by atoms with Crippen LogP contribution in [0.4, 0.5) is 0 Å². The van der Waals surface area contributed by atoms with Crippen molar-refractivity contribution in [3.8, 4) is 0 Å². The Morgan fingerprint density at radius 2 is 1.28 bits per heavy atom. The number of hydrogen-bond donors (Lipinski definition) is 2. The van der Waals surface area contributed by atoms with E-state index >= 15 is 0 Å². The molecule has 7 nitrogen and oxygen atoms in total. The number of aromatic amines is 2. The summed E-state index contributed by atoms with van der Waals surface area (Å²) >= 11 is 8.98. The van der Waals surface area contributed by atoms with Crippen molar-refractivity contribution >= 4 is 39.5 Å². The standard InChI is InChI=1S/C7H6N4O.C2Cl2O2/c12-5(6-8-1-2-9-6)7-10-3-4-11-7;3-1(5)2(4)6/h1-4H,(H,8,9)(H,10,11);. The molecular weight excluding hydrogens is 283 g/mol. The number of H-pyrrole nitrogens is 2. The van der Waals surface area contributed by atoms with Crippen molar-refractivity contribution < 1.29 is 14.4 Å². The zero-order valence-electron chi connectivity index (χ0n) is 8.68. The first kappa shape index (κ1) is 14.1. The highest BCUT2D eigenvalue weighted by Gasteiger charge is 2.12. The van der Waals surface area contributed by atoms with Crippen LogP contribution in [0, 0.1) is 0 Å². The number of aromatic nitrogens is 4. The van der Waals surface area contributed by atoms with E-state index in [1.165, 1.54) is 12.4 Å². The summed E-state index contributed by atoms with van der Waals surface area (Å²) in [5, 5.41) is -2.28. The van der Waals surface area contributed by atoms with Gasteiger partial charge in [-0.25, -0.2) is 9.97 Å². The van der Waals surface area contributed by atoms with Gasteiger partial charge in [-0.2, -0.15) is 0 Å². The van der Waals surface area contributed by atoms with E-state index < -0.39 is 10.5 Å². The molecule has 0 fully saturated rings. The smallest absolute Gasteiger partial charge is 0.304 e. The number of rotatable bonds is 3. The summed E-state index contributed by atoms with van der Waals surface area (Å²) in [5.74, 6) is 0.361. The molecule has 9 heteroatoms. The van der Waals surface area contributed by atoms with E-state index in [0.717, 1.165) is 0 Å². The van der Waals surface area contributed by atoms with Crippen LogP contribution in [0.25, 0.3) is 0 Å². The van der Waals surface area contributed by atoms with Crippen LogP contribution in [0.15, 0.2) is 24.8 Å². The normalized spacial score (nSPS) is 9.22. The van der Waals surface area contributed by atoms with E-state index in [-0.39, 0.29) is 5.78 Å². The van der Waals surface area contributed by atoms with Crippen LogP contribution in [0.5, 0.6) is 0 Å². The van der Waals surface area contributed by atoms with Crippen molar-refractivity contribution in [3.05, 3.63) is 36.4 Å². The first-order valence-electron chi connectivity index (χ1n) is 4.45. The highest BCUT2D eigenvalue weighted by Crippen LogP contribution is 1.98. The zero-order chi connectivity index (χ0) is 13.5.